The number of hydrogen-bond donors (Lipinski definition) is 4. The van der Waals surface area contributed by atoms with E-state index in [4.69, 9.17) is 10.8 Å². The smallest absolute Gasteiger partial charge is 0.325 e. The van der Waals surface area contributed by atoms with E-state index in [0.29, 0.717) is 0 Å². The number of carboxylic acid groups (broad SMARTS) is 1. The van der Waals surface area contributed by atoms with Crippen molar-refractivity contribution in [3.05, 3.63) is 0 Å². The van der Waals surface area contributed by atoms with Gasteiger partial charge in [-0.2, -0.15) is 12.6 Å². The normalized spacial score (nSPS) is 14.0. The summed E-state index contributed by atoms with van der Waals surface area (Å²) in [5.74, 6) is -2.83. The first kappa shape index (κ1) is 13.8. The minimum atomic E-state index is -1.14. The first-order valence-corrected chi connectivity index (χ1v) is 4.94. The highest BCUT2D eigenvalue weighted by Crippen LogP contribution is 2.05. The molecule has 2 atom stereocenters. The summed E-state index contributed by atoms with van der Waals surface area (Å²) >= 11 is 3.89. The number of carbonyl (C=O) groups excluding carboxylic acids is 2. The Labute approximate surface area is 92.6 Å². The second kappa shape index (κ2) is 6.28. The van der Waals surface area contributed by atoms with Crippen molar-refractivity contribution in [2.24, 2.45) is 11.7 Å². The minimum absolute atomic E-state index is 0.137. The summed E-state index contributed by atoms with van der Waals surface area (Å²) < 4.78 is 0. The van der Waals surface area contributed by atoms with Crippen molar-refractivity contribution in [1.29, 1.82) is 0 Å². The van der Waals surface area contributed by atoms with Gasteiger partial charge < -0.3 is 16.2 Å². The van der Waals surface area contributed by atoms with Gasteiger partial charge in [0.15, 0.2) is 0 Å². The van der Waals surface area contributed by atoms with Gasteiger partial charge in [0.05, 0.1) is 5.92 Å². The maximum atomic E-state index is 11.4. The Hall–Kier alpha value is -1.24. The number of nitrogens with one attached hydrogen (secondary N) is 1. The molecule has 6 nitrogen and oxygen atoms in total. The number of thiol groups is 1. The van der Waals surface area contributed by atoms with Gasteiger partial charge in [0.1, 0.15) is 6.04 Å². The van der Waals surface area contributed by atoms with E-state index < -0.39 is 29.7 Å². The third-order valence-corrected chi connectivity index (χ3v) is 2.21. The molecule has 0 rings (SSSR count). The van der Waals surface area contributed by atoms with Crippen LogP contribution in [0.3, 0.4) is 0 Å². The highest BCUT2D eigenvalue weighted by Gasteiger charge is 2.22. The fourth-order valence-corrected chi connectivity index (χ4v) is 1.17. The predicted octanol–water partition coefficient (Wildman–Crippen LogP) is -1.00. The lowest BCUT2D eigenvalue weighted by Crippen LogP contribution is -2.43. The van der Waals surface area contributed by atoms with Crippen LogP contribution in [0, 0.1) is 5.92 Å². The molecule has 0 bridgehead atoms. The zero-order valence-electron chi connectivity index (χ0n) is 8.27. The van der Waals surface area contributed by atoms with Gasteiger partial charge in [0, 0.05) is 12.2 Å². The molecule has 4 N–H and O–H groups in total. The minimum Gasteiger partial charge on any atom is -0.480 e. The van der Waals surface area contributed by atoms with Crippen LogP contribution in [0.5, 0.6) is 0 Å². The van der Waals surface area contributed by atoms with E-state index in [1.807, 2.05) is 0 Å². The van der Waals surface area contributed by atoms with Crippen LogP contribution in [0.1, 0.15) is 13.3 Å². The molecule has 0 saturated carbocycles. The molecular weight excluding hydrogens is 220 g/mol. The molecule has 0 spiro atoms. The van der Waals surface area contributed by atoms with Crippen LogP contribution in [0.2, 0.25) is 0 Å². The standard InChI is InChI=1S/C8H14N2O4S/c1-4(8(13)14)10-7(12)5(3-15)2-6(9)11/h4-5,15H,2-3H2,1H3,(H2,9,11)(H,10,12)(H,13,14)/t4-,5?/m0/s1. The molecular formula is C8H14N2O4S. The maximum Gasteiger partial charge on any atom is 0.325 e. The summed E-state index contributed by atoms with van der Waals surface area (Å²) in [6, 6.07) is -0.993. The summed E-state index contributed by atoms with van der Waals surface area (Å²) in [7, 11) is 0. The topological polar surface area (TPSA) is 109 Å². The van der Waals surface area contributed by atoms with Crippen LogP contribution in [-0.4, -0.2) is 34.7 Å². The largest absolute Gasteiger partial charge is 0.480 e. The zero-order chi connectivity index (χ0) is 12.0. The molecule has 0 aliphatic rings. The number of carbonyl (C=O) groups is 3. The third-order valence-electron chi connectivity index (χ3n) is 1.77. The van der Waals surface area contributed by atoms with Crippen LogP contribution in [0.25, 0.3) is 0 Å². The summed E-state index contributed by atoms with van der Waals surface area (Å²) in [5.41, 5.74) is 4.93. The molecule has 0 fully saturated rings. The molecule has 0 aromatic rings. The molecule has 7 heteroatoms. The molecule has 0 heterocycles. The molecule has 0 aliphatic heterocycles. The van der Waals surface area contributed by atoms with Crippen LogP contribution in [0.15, 0.2) is 0 Å². The first-order chi connectivity index (χ1) is 6.88. The summed E-state index contributed by atoms with van der Waals surface area (Å²) in [6.45, 7) is 1.33. The van der Waals surface area contributed by atoms with Crippen molar-refractivity contribution in [3.8, 4) is 0 Å². The predicted molar refractivity (Wildman–Crippen MR) is 56.4 cm³/mol. The van der Waals surface area contributed by atoms with Crippen LogP contribution in [-0.2, 0) is 14.4 Å². The first-order valence-electron chi connectivity index (χ1n) is 4.30. The Bertz CT molecular complexity index is 269. The number of rotatable bonds is 6. The van der Waals surface area contributed by atoms with E-state index in [2.05, 4.69) is 17.9 Å². The van der Waals surface area contributed by atoms with Crippen molar-refractivity contribution < 1.29 is 19.5 Å². The average Bonchev–Trinajstić information content (AvgIpc) is 2.13. The van der Waals surface area contributed by atoms with E-state index in [1.54, 1.807) is 0 Å². The molecule has 15 heavy (non-hydrogen) atoms. The van der Waals surface area contributed by atoms with Gasteiger partial charge in [-0.15, -0.1) is 0 Å². The molecule has 0 aromatic heterocycles. The maximum absolute atomic E-state index is 11.4. The number of nitrogens with two attached hydrogens (primary N) is 1. The Morgan fingerprint density at radius 3 is 2.33 bits per heavy atom. The van der Waals surface area contributed by atoms with Gasteiger partial charge >= 0.3 is 5.97 Å². The number of primary amides is 1. The average molecular weight is 234 g/mol. The van der Waals surface area contributed by atoms with Gasteiger partial charge in [0.2, 0.25) is 11.8 Å². The van der Waals surface area contributed by atoms with E-state index in [9.17, 15) is 14.4 Å². The highest BCUT2D eigenvalue weighted by atomic mass is 32.1. The van der Waals surface area contributed by atoms with E-state index >= 15 is 0 Å². The van der Waals surface area contributed by atoms with Crippen molar-refractivity contribution in [2.75, 3.05) is 5.75 Å². The fourth-order valence-electron chi connectivity index (χ4n) is 0.876. The Morgan fingerprint density at radius 1 is 1.47 bits per heavy atom. The van der Waals surface area contributed by atoms with Crippen LogP contribution < -0.4 is 11.1 Å². The van der Waals surface area contributed by atoms with Gasteiger partial charge in [-0.3, -0.25) is 14.4 Å². The SMILES string of the molecule is C[C@H](NC(=O)C(CS)CC(N)=O)C(=O)O. The van der Waals surface area contributed by atoms with Gasteiger partial charge in [-0.1, -0.05) is 0 Å². The van der Waals surface area contributed by atoms with E-state index in [1.165, 1.54) is 6.92 Å². The molecule has 0 radical (unpaired) electrons. The zero-order valence-corrected chi connectivity index (χ0v) is 9.16. The highest BCUT2D eigenvalue weighted by molar-refractivity contribution is 7.80. The number of carboxylic acids is 1. The second-order valence-corrected chi connectivity index (χ2v) is 3.48. The molecule has 0 saturated heterocycles. The second-order valence-electron chi connectivity index (χ2n) is 3.12. The van der Waals surface area contributed by atoms with Crippen molar-refractivity contribution in [3.63, 3.8) is 0 Å². The summed E-state index contributed by atoms with van der Waals surface area (Å²) in [6.07, 6.45) is -0.137. The van der Waals surface area contributed by atoms with Gasteiger partial charge in [-0.25, -0.2) is 0 Å². The summed E-state index contributed by atoms with van der Waals surface area (Å²) in [5, 5.41) is 10.8. The van der Waals surface area contributed by atoms with E-state index in [0.717, 1.165) is 0 Å². The number of amides is 2. The molecule has 0 aliphatic carbocycles. The Balaban J connectivity index is 4.27. The van der Waals surface area contributed by atoms with Gasteiger partial charge in [-0.05, 0) is 6.92 Å². The lowest BCUT2D eigenvalue weighted by Gasteiger charge is -2.15. The number of hydrogen-bond acceptors (Lipinski definition) is 4. The van der Waals surface area contributed by atoms with Crippen molar-refractivity contribution in [2.45, 2.75) is 19.4 Å². The monoisotopic (exact) mass is 234 g/mol. The van der Waals surface area contributed by atoms with Crippen molar-refractivity contribution in [1.82, 2.24) is 5.32 Å². The molecule has 0 aromatic carbocycles. The lowest BCUT2D eigenvalue weighted by atomic mass is 10.1. The Morgan fingerprint density at radius 2 is 2.00 bits per heavy atom. The van der Waals surface area contributed by atoms with Crippen LogP contribution >= 0.6 is 12.6 Å². The third kappa shape index (κ3) is 5.26. The fraction of sp³-hybridized carbons (Fsp3) is 0.625. The van der Waals surface area contributed by atoms with Gasteiger partial charge in [0.25, 0.3) is 0 Å². The van der Waals surface area contributed by atoms with Crippen molar-refractivity contribution >= 4 is 30.4 Å². The molecule has 86 valence electrons. The number of aliphatic carboxylic acids is 1. The van der Waals surface area contributed by atoms with E-state index in [-0.39, 0.29) is 12.2 Å². The summed E-state index contributed by atoms with van der Waals surface area (Å²) in [4.78, 5) is 32.4. The van der Waals surface area contributed by atoms with Crippen LogP contribution in [0.4, 0.5) is 0 Å². The quantitative estimate of drug-likeness (QED) is 0.442. The molecule has 2 amide bonds. The molecule has 1 unspecified atom stereocenters. The Kier molecular flexibility index (Phi) is 5.76. The lowest BCUT2D eigenvalue weighted by molar-refractivity contribution is -0.141.